The van der Waals surface area contributed by atoms with Gasteiger partial charge in [-0.3, -0.25) is 4.79 Å². The molecule has 0 bridgehead atoms. The van der Waals surface area contributed by atoms with E-state index in [1.807, 2.05) is 0 Å². The Morgan fingerprint density at radius 1 is 1.28 bits per heavy atom. The Labute approximate surface area is 154 Å². The van der Waals surface area contributed by atoms with Crippen LogP contribution in [0.15, 0.2) is 41.0 Å². The lowest BCUT2D eigenvalue weighted by molar-refractivity contribution is -0.137. The number of carbonyl (C=O) groups is 1. The molecule has 1 aromatic heterocycles. The van der Waals surface area contributed by atoms with Crippen LogP contribution in [0.1, 0.15) is 15.9 Å². The zero-order chi connectivity index (χ0) is 18.2. The largest absolute Gasteiger partial charge is 0.471 e. The van der Waals surface area contributed by atoms with Crippen molar-refractivity contribution in [3.8, 4) is 5.88 Å². The summed E-state index contributed by atoms with van der Waals surface area (Å²) in [6.07, 6.45) is -3.83. The summed E-state index contributed by atoms with van der Waals surface area (Å²) in [4.78, 5) is 17.7. The molecule has 1 aliphatic heterocycles. The van der Waals surface area contributed by atoms with Crippen molar-refractivity contribution < 1.29 is 22.7 Å². The van der Waals surface area contributed by atoms with Crippen molar-refractivity contribution in [3.63, 3.8) is 0 Å². The van der Waals surface area contributed by atoms with E-state index in [2.05, 4.69) is 20.9 Å². The summed E-state index contributed by atoms with van der Waals surface area (Å²) in [7, 11) is 0. The van der Waals surface area contributed by atoms with E-state index in [4.69, 9.17) is 16.3 Å². The third kappa shape index (κ3) is 4.07. The molecule has 0 radical (unpaired) electrons. The molecule has 25 heavy (non-hydrogen) atoms. The second-order valence-corrected chi connectivity index (χ2v) is 6.78. The van der Waals surface area contributed by atoms with Crippen LogP contribution in [0.3, 0.4) is 0 Å². The average Bonchev–Trinajstić information content (AvgIpc) is 2.51. The summed E-state index contributed by atoms with van der Waals surface area (Å²) in [5, 5.41) is 0.331. The van der Waals surface area contributed by atoms with Gasteiger partial charge in [0.15, 0.2) is 0 Å². The normalized spacial score (nSPS) is 15.0. The topological polar surface area (TPSA) is 42.4 Å². The van der Waals surface area contributed by atoms with Gasteiger partial charge in [-0.2, -0.15) is 13.2 Å². The first-order chi connectivity index (χ1) is 11.7. The van der Waals surface area contributed by atoms with Crippen LogP contribution >= 0.6 is 27.5 Å². The van der Waals surface area contributed by atoms with E-state index >= 15 is 0 Å². The maximum absolute atomic E-state index is 12.7. The molecule has 0 spiro atoms. The number of halogens is 5. The quantitative estimate of drug-likeness (QED) is 0.717. The van der Waals surface area contributed by atoms with Gasteiger partial charge in [-0.1, -0.05) is 27.5 Å². The van der Waals surface area contributed by atoms with Crippen LogP contribution in [0, 0.1) is 0 Å². The number of hydrogen-bond donors (Lipinski definition) is 0. The third-order valence-corrected chi connectivity index (χ3v) is 4.47. The van der Waals surface area contributed by atoms with Crippen molar-refractivity contribution in [2.24, 2.45) is 0 Å². The van der Waals surface area contributed by atoms with Crippen molar-refractivity contribution in [2.45, 2.75) is 12.3 Å². The smallest absolute Gasteiger partial charge is 0.416 e. The lowest BCUT2D eigenvalue weighted by atomic mass is 10.1. The zero-order valence-electron chi connectivity index (χ0n) is 12.6. The van der Waals surface area contributed by atoms with Crippen molar-refractivity contribution in [1.82, 2.24) is 9.88 Å². The van der Waals surface area contributed by atoms with Crippen LogP contribution in [-0.2, 0) is 6.18 Å². The molecule has 1 saturated heterocycles. The molecule has 2 heterocycles. The van der Waals surface area contributed by atoms with Gasteiger partial charge in [0.1, 0.15) is 6.10 Å². The molecule has 0 unspecified atom stereocenters. The standard InChI is InChI=1S/C16H11BrClF3N2O2/c17-10-1-2-13(18)12(6-10)15(24)23-7-11(8-23)25-14-5-9(3-4-22-14)16(19,20)21/h1-6,11H,7-8H2. The van der Waals surface area contributed by atoms with Crippen LogP contribution in [0.4, 0.5) is 13.2 Å². The van der Waals surface area contributed by atoms with Gasteiger partial charge in [-0.25, -0.2) is 4.98 Å². The fourth-order valence-electron chi connectivity index (χ4n) is 2.33. The van der Waals surface area contributed by atoms with Gasteiger partial charge in [0, 0.05) is 16.7 Å². The van der Waals surface area contributed by atoms with Crippen LogP contribution < -0.4 is 4.74 Å². The molecule has 3 rings (SSSR count). The van der Waals surface area contributed by atoms with Gasteiger partial charge >= 0.3 is 6.18 Å². The van der Waals surface area contributed by atoms with Crippen molar-refractivity contribution in [2.75, 3.05) is 13.1 Å². The molecular formula is C16H11BrClF3N2O2. The molecule has 9 heteroatoms. The predicted molar refractivity (Wildman–Crippen MR) is 88.7 cm³/mol. The molecule has 0 aliphatic carbocycles. The van der Waals surface area contributed by atoms with E-state index in [-0.39, 0.29) is 24.9 Å². The number of carbonyl (C=O) groups excluding carboxylic acids is 1. The van der Waals surface area contributed by atoms with E-state index in [0.29, 0.717) is 10.6 Å². The van der Waals surface area contributed by atoms with Crippen LogP contribution in [0.2, 0.25) is 5.02 Å². The van der Waals surface area contributed by atoms with E-state index in [0.717, 1.165) is 22.8 Å². The molecule has 0 N–H and O–H groups in total. The van der Waals surface area contributed by atoms with Crippen molar-refractivity contribution in [3.05, 3.63) is 57.2 Å². The van der Waals surface area contributed by atoms with E-state index < -0.39 is 17.8 Å². The molecule has 132 valence electrons. The summed E-state index contributed by atoms with van der Waals surface area (Å²) in [6, 6.07) is 6.67. The SMILES string of the molecule is O=C(c1cc(Br)ccc1Cl)N1CC(Oc2cc(C(F)(F)F)ccn2)C1. The number of pyridine rings is 1. The highest BCUT2D eigenvalue weighted by atomic mass is 79.9. The van der Waals surface area contributed by atoms with E-state index in [9.17, 15) is 18.0 Å². The molecule has 2 aromatic rings. The summed E-state index contributed by atoms with van der Waals surface area (Å²) in [5.74, 6) is -0.379. The Morgan fingerprint density at radius 2 is 2.00 bits per heavy atom. The Kier molecular flexibility index (Phi) is 4.92. The van der Waals surface area contributed by atoms with Gasteiger partial charge in [0.05, 0.1) is 29.2 Å². The summed E-state index contributed by atoms with van der Waals surface area (Å²) >= 11 is 9.30. The molecule has 1 amide bonds. The maximum atomic E-state index is 12.7. The first-order valence-electron chi connectivity index (χ1n) is 7.18. The number of amides is 1. The maximum Gasteiger partial charge on any atom is 0.416 e. The minimum absolute atomic E-state index is 0.118. The minimum Gasteiger partial charge on any atom is -0.471 e. The summed E-state index contributed by atoms with van der Waals surface area (Å²) in [6.45, 7) is 0.499. The molecule has 1 aliphatic rings. The Bertz CT molecular complexity index is 810. The monoisotopic (exact) mass is 434 g/mol. The number of nitrogens with zero attached hydrogens (tertiary/aromatic N) is 2. The first kappa shape index (κ1) is 18.0. The highest BCUT2D eigenvalue weighted by Gasteiger charge is 2.35. The van der Waals surface area contributed by atoms with Gasteiger partial charge in [-0.15, -0.1) is 0 Å². The van der Waals surface area contributed by atoms with Gasteiger partial charge in [-0.05, 0) is 24.3 Å². The molecule has 1 fully saturated rings. The molecule has 4 nitrogen and oxygen atoms in total. The van der Waals surface area contributed by atoms with Gasteiger partial charge < -0.3 is 9.64 Å². The number of ether oxygens (including phenoxy) is 1. The average molecular weight is 436 g/mol. The fraction of sp³-hybridized carbons (Fsp3) is 0.250. The predicted octanol–water partition coefficient (Wildman–Crippen LogP) is 4.42. The highest BCUT2D eigenvalue weighted by molar-refractivity contribution is 9.10. The van der Waals surface area contributed by atoms with Crippen LogP contribution in [0.25, 0.3) is 0 Å². The third-order valence-electron chi connectivity index (χ3n) is 3.64. The van der Waals surface area contributed by atoms with E-state index in [1.54, 1.807) is 18.2 Å². The lowest BCUT2D eigenvalue weighted by Gasteiger charge is -2.38. The minimum atomic E-state index is -4.46. The van der Waals surface area contributed by atoms with Crippen molar-refractivity contribution >= 4 is 33.4 Å². The number of aromatic nitrogens is 1. The fourth-order valence-corrected chi connectivity index (χ4v) is 2.89. The molecule has 0 saturated carbocycles. The number of likely N-dealkylation sites (tertiary alicyclic amines) is 1. The summed E-state index contributed by atoms with van der Waals surface area (Å²) in [5.41, 5.74) is -0.475. The lowest BCUT2D eigenvalue weighted by Crippen LogP contribution is -2.56. The van der Waals surface area contributed by atoms with Crippen LogP contribution in [-0.4, -0.2) is 35.0 Å². The number of alkyl halides is 3. The van der Waals surface area contributed by atoms with Crippen LogP contribution in [0.5, 0.6) is 5.88 Å². The number of hydrogen-bond acceptors (Lipinski definition) is 3. The zero-order valence-corrected chi connectivity index (χ0v) is 14.9. The second-order valence-electron chi connectivity index (χ2n) is 5.45. The van der Waals surface area contributed by atoms with Gasteiger partial charge in [0.2, 0.25) is 5.88 Å². The first-order valence-corrected chi connectivity index (χ1v) is 8.35. The second kappa shape index (κ2) is 6.84. The van der Waals surface area contributed by atoms with Crippen molar-refractivity contribution in [1.29, 1.82) is 0 Å². The Hall–Kier alpha value is -1.80. The highest BCUT2D eigenvalue weighted by Crippen LogP contribution is 2.31. The summed E-state index contributed by atoms with van der Waals surface area (Å²) < 4.78 is 44.2. The van der Waals surface area contributed by atoms with Gasteiger partial charge in [0.25, 0.3) is 5.91 Å². The Balaban J connectivity index is 1.61. The molecule has 1 aromatic carbocycles. The van der Waals surface area contributed by atoms with E-state index in [1.165, 1.54) is 4.90 Å². The Morgan fingerprint density at radius 3 is 2.68 bits per heavy atom. The number of benzene rings is 1. The number of rotatable bonds is 3. The molecule has 0 atom stereocenters. The molecular weight excluding hydrogens is 425 g/mol.